The molecule has 2 N–H and O–H groups in total. The van der Waals surface area contributed by atoms with E-state index in [1.807, 2.05) is 0 Å². The van der Waals surface area contributed by atoms with E-state index < -0.39 is 0 Å². The van der Waals surface area contributed by atoms with Gasteiger partial charge in [-0.2, -0.15) is 0 Å². The summed E-state index contributed by atoms with van der Waals surface area (Å²) >= 11 is 0. The zero-order chi connectivity index (χ0) is 10.8. The first-order chi connectivity index (χ1) is 7.27. The minimum absolute atomic E-state index is 0.567. The lowest BCUT2D eigenvalue weighted by atomic mass is 9.98. The lowest BCUT2D eigenvalue weighted by Gasteiger charge is -2.30. The van der Waals surface area contributed by atoms with Gasteiger partial charge in [-0.15, -0.1) is 0 Å². The normalized spacial score (nSPS) is 21.5. The van der Waals surface area contributed by atoms with E-state index in [2.05, 4.69) is 43.0 Å². The molecule has 0 aromatic heterocycles. The molecule has 0 radical (unpaired) electrons. The number of hydrogen-bond acceptors (Lipinski definition) is 2. The molecule has 0 fully saturated rings. The summed E-state index contributed by atoms with van der Waals surface area (Å²) in [4.78, 5) is 2.49. The number of benzene rings is 1. The molecule has 0 aliphatic carbocycles. The van der Waals surface area contributed by atoms with E-state index in [-0.39, 0.29) is 0 Å². The third-order valence-electron chi connectivity index (χ3n) is 3.50. The van der Waals surface area contributed by atoms with Crippen LogP contribution in [0.15, 0.2) is 24.3 Å². The standard InChI is InChI=1S/C13H20N2/c1-3-15-12-7-5-4-6-11(12)8-13(15)10(2)9-14/h4-7,10,13H,3,8-9,14H2,1-2H3. The molecule has 1 aromatic rings. The number of likely N-dealkylation sites (N-methyl/N-ethyl adjacent to an activating group) is 1. The molecule has 0 amide bonds. The van der Waals surface area contributed by atoms with Crippen molar-refractivity contribution in [2.75, 3.05) is 18.0 Å². The topological polar surface area (TPSA) is 29.3 Å². The number of fused-ring (bicyclic) bond motifs is 1. The SMILES string of the molecule is CCN1c2ccccc2CC1C(C)CN. The number of rotatable bonds is 3. The van der Waals surface area contributed by atoms with Gasteiger partial charge in [-0.25, -0.2) is 0 Å². The molecule has 15 heavy (non-hydrogen) atoms. The Morgan fingerprint density at radius 1 is 1.47 bits per heavy atom. The zero-order valence-electron chi connectivity index (χ0n) is 9.61. The number of nitrogens with two attached hydrogens (primary N) is 1. The number of anilines is 1. The lowest BCUT2D eigenvalue weighted by Crippen LogP contribution is -2.39. The van der Waals surface area contributed by atoms with E-state index in [1.165, 1.54) is 11.3 Å². The smallest absolute Gasteiger partial charge is 0.0402 e. The minimum Gasteiger partial charge on any atom is -0.368 e. The van der Waals surface area contributed by atoms with E-state index in [0.717, 1.165) is 19.5 Å². The predicted molar refractivity (Wildman–Crippen MR) is 65.2 cm³/mol. The Kier molecular flexibility index (Phi) is 2.96. The van der Waals surface area contributed by atoms with Gasteiger partial charge >= 0.3 is 0 Å². The molecule has 2 atom stereocenters. The molecular weight excluding hydrogens is 184 g/mol. The summed E-state index contributed by atoms with van der Waals surface area (Å²) < 4.78 is 0. The molecule has 1 heterocycles. The van der Waals surface area contributed by atoms with Gasteiger partial charge in [-0.3, -0.25) is 0 Å². The van der Waals surface area contributed by atoms with Crippen molar-refractivity contribution in [1.82, 2.24) is 0 Å². The highest BCUT2D eigenvalue weighted by molar-refractivity contribution is 5.59. The number of nitrogens with zero attached hydrogens (tertiary/aromatic N) is 1. The van der Waals surface area contributed by atoms with Crippen LogP contribution in [-0.4, -0.2) is 19.1 Å². The summed E-state index contributed by atoms with van der Waals surface area (Å²) in [5.41, 5.74) is 8.66. The zero-order valence-corrected chi connectivity index (χ0v) is 9.61. The maximum atomic E-state index is 5.78. The van der Waals surface area contributed by atoms with Crippen LogP contribution < -0.4 is 10.6 Å². The van der Waals surface area contributed by atoms with E-state index >= 15 is 0 Å². The predicted octanol–water partition coefficient (Wildman–Crippen LogP) is 2.03. The molecule has 82 valence electrons. The second-order valence-electron chi connectivity index (χ2n) is 4.40. The summed E-state index contributed by atoms with van der Waals surface area (Å²) in [5, 5.41) is 0. The summed E-state index contributed by atoms with van der Waals surface area (Å²) in [7, 11) is 0. The molecule has 2 nitrogen and oxygen atoms in total. The monoisotopic (exact) mass is 204 g/mol. The van der Waals surface area contributed by atoms with Crippen LogP contribution in [0.4, 0.5) is 5.69 Å². The molecule has 0 bridgehead atoms. The molecule has 2 rings (SSSR count). The van der Waals surface area contributed by atoms with Crippen molar-refractivity contribution < 1.29 is 0 Å². The molecule has 1 aliphatic rings. The first kappa shape index (κ1) is 10.5. The van der Waals surface area contributed by atoms with E-state index in [4.69, 9.17) is 5.73 Å². The Labute approximate surface area is 92.1 Å². The average Bonchev–Trinajstić information content (AvgIpc) is 2.66. The Bertz CT molecular complexity index is 335. The summed E-state index contributed by atoms with van der Waals surface area (Å²) in [6, 6.07) is 9.31. The highest BCUT2D eigenvalue weighted by Crippen LogP contribution is 2.34. The van der Waals surface area contributed by atoms with Crippen LogP contribution >= 0.6 is 0 Å². The molecule has 0 saturated carbocycles. The molecule has 2 heteroatoms. The fourth-order valence-corrected chi connectivity index (χ4v) is 2.55. The van der Waals surface area contributed by atoms with Crippen molar-refractivity contribution in [2.24, 2.45) is 11.7 Å². The van der Waals surface area contributed by atoms with Gasteiger partial charge in [0.1, 0.15) is 0 Å². The molecule has 2 unspecified atom stereocenters. The van der Waals surface area contributed by atoms with Crippen LogP contribution in [0.1, 0.15) is 19.4 Å². The van der Waals surface area contributed by atoms with Gasteiger partial charge in [0.05, 0.1) is 0 Å². The van der Waals surface area contributed by atoms with E-state index in [0.29, 0.717) is 12.0 Å². The van der Waals surface area contributed by atoms with Crippen molar-refractivity contribution >= 4 is 5.69 Å². The van der Waals surface area contributed by atoms with Crippen molar-refractivity contribution in [3.8, 4) is 0 Å². The molecule has 1 aromatic carbocycles. The minimum atomic E-state index is 0.567. The van der Waals surface area contributed by atoms with Crippen LogP contribution in [0.3, 0.4) is 0 Å². The van der Waals surface area contributed by atoms with Crippen LogP contribution in [0, 0.1) is 5.92 Å². The van der Waals surface area contributed by atoms with Gasteiger partial charge in [-0.05, 0) is 37.4 Å². The van der Waals surface area contributed by atoms with Crippen LogP contribution in [0.25, 0.3) is 0 Å². The highest BCUT2D eigenvalue weighted by atomic mass is 15.2. The number of para-hydroxylation sites is 1. The molecule has 1 aliphatic heterocycles. The second kappa shape index (κ2) is 4.23. The van der Waals surface area contributed by atoms with E-state index in [1.54, 1.807) is 0 Å². The summed E-state index contributed by atoms with van der Waals surface area (Å²) in [6.45, 7) is 6.32. The van der Waals surface area contributed by atoms with Crippen LogP contribution in [-0.2, 0) is 6.42 Å². The van der Waals surface area contributed by atoms with Gasteiger partial charge in [0, 0.05) is 18.3 Å². The molecular formula is C13H20N2. The maximum absolute atomic E-state index is 5.78. The number of hydrogen-bond donors (Lipinski definition) is 1. The van der Waals surface area contributed by atoms with Crippen molar-refractivity contribution in [1.29, 1.82) is 0 Å². The fraction of sp³-hybridized carbons (Fsp3) is 0.538. The summed E-state index contributed by atoms with van der Waals surface area (Å²) in [6.07, 6.45) is 1.16. The van der Waals surface area contributed by atoms with Crippen molar-refractivity contribution in [3.63, 3.8) is 0 Å². The quantitative estimate of drug-likeness (QED) is 0.816. The second-order valence-corrected chi connectivity index (χ2v) is 4.40. The molecule has 0 saturated heterocycles. The Hall–Kier alpha value is -1.02. The maximum Gasteiger partial charge on any atom is 0.0402 e. The van der Waals surface area contributed by atoms with Gasteiger partial charge in [0.2, 0.25) is 0 Å². The lowest BCUT2D eigenvalue weighted by molar-refractivity contribution is 0.451. The van der Waals surface area contributed by atoms with Gasteiger partial charge in [0.25, 0.3) is 0 Å². The highest BCUT2D eigenvalue weighted by Gasteiger charge is 2.30. The third-order valence-corrected chi connectivity index (χ3v) is 3.50. The first-order valence-electron chi connectivity index (χ1n) is 5.82. The van der Waals surface area contributed by atoms with Crippen LogP contribution in [0.5, 0.6) is 0 Å². The van der Waals surface area contributed by atoms with Crippen LogP contribution in [0.2, 0.25) is 0 Å². The van der Waals surface area contributed by atoms with Crippen molar-refractivity contribution in [3.05, 3.63) is 29.8 Å². The Morgan fingerprint density at radius 3 is 2.87 bits per heavy atom. The van der Waals surface area contributed by atoms with Gasteiger partial charge in [0.15, 0.2) is 0 Å². The largest absolute Gasteiger partial charge is 0.368 e. The van der Waals surface area contributed by atoms with E-state index in [9.17, 15) is 0 Å². The molecule has 0 spiro atoms. The fourth-order valence-electron chi connectivity index (χ4n) is 2.55. The average molecular weight is 204 g/mol. The first-order valence-corrected chi connectivity index (χ1v) is 5.82. The summed E-state index contributed by atoms with van der Waals surface area (Å²) in [5.74, 6) is 0.567. The van der Waals surface area contributed by atoms with Crippen molar-refractivity contribution in [2.45, 2.75) is 26.3 Å². The third kappa shape index (κ3) is 1.74. The Morgan fingerprint density at radius 2 is 2.20 bits per heavy atom. The Balaban J connectivity index is 2.28. The van der Waals surface area contributed by atoms with Gasteiger partial charge < -0.3 is 10.6 Å². The van der Waals surface area contributed by atoms with Gasteiger partial charge in [-0.1, -0.05) is 25.1 Å².